The molecular weight excluding hydrogens is 317 g/mol. The molecule has 0 aromatic heterocycles. The average molecular weight is 338 g/mol. The third-order valence-corrected chi connectivity index (χ3v) is 6.61. The Balaban J connectivity index is 1.50. The van der Waals surface area contributed by atoms with E-state index in [9.17, 15) is 4.39 Å². The van der Waals surface area contributed by atoms with E-state index in [1.54, 1.807) is 6.07 Å². The molecule has 0 unspecified atom stereocenters. The Hall–Kier alpha value is -0.410. The lowest BCUT2D eigenvalue weighted by atomic mass is 9.53. The van der Waals surface area contributed by atoms with Crippen LogP contribution in [0.25, 0.3) is 0 Å². The van der Waals surface area contributed by atoms with Crippen molar-refractivity contribution in [2.24, 2.45) is 17.8 Å². The van der Waals surface area contributed by atoms with Crippen LogP contribution < -0.4 is 5.32 Å². The van der Waals surface area contributed by atoms with Crippen LogP contribution in [0.3, 0.4) is 0 Å². The normalized spacial score (nSPS) is 38.4. The van der Waals surface area contributed by atoms with Gasteiger partial charge in [0.1, 0.15) is 5.82 Å². The van der Waals surface area contributed by atoms with E-state index in [1.165, 1.54) is 44.6 Å². The first kappa shape index (κ1) is 13.3. The van der Waals surface area contributed by atoms with E-state index in [0.717, 1.165) is 29.9 Å². The minimum Gasteiger partial charge on any atom is -0.307 e. The zero-order chi connectivity index (χ0) is 13.7. The van der Waals surface area contributed by atoms with Crippen LogP contribution in [0.5, 0.6) is 0 Å². The van der Waals surface area contributed by atoms with Crippen molar-refractivity contribution in [2.45, 2.75) is 50.6 Å². The second-order valence-corrected chi connectivity index (χ2v) is 8.06. The second-order valence-electron chi connectivity index (χ2n) is 7.26. The molecule has 0 radical (unpaired) electrons. The molecular formula is C17H21BrFN. The summed E-state index contributed by atoms with van der Waals surface area (Å²) in [6, 6.07) is 5.33. The summed E-state index contributed by atoms with van der Waals surface area (Å²) in [4.78, 5) is 0. The van der Waals surface area contributed by atoms with Gasteiger partial charge < -0.3 is 5.32 Å². The number of nitrogens with one attached hydrogen (secondary N) is 1. The minimum absolute atomic E-state index is 0.158. The van der Waals surface area contributed by atoms with Crippen LogP contribution >= 0.6 is 15.9 Å². The SMILES string of the molecule is Fc1cccc(CNC23CC4CC(CC(C4)C2)C3)c1Br. The average Bonchev–Trinajstić information content (AvgIpc) is 2.39. The van der Waals surface area contributed by atoms with Crippen LogP contribution in [-0.4, -0.2) is 5.54 Å². The van der Waals surface area contributed by atoms with Crippen molar-refractivity contribution in [1.82, 2.24) is 5.32 Å². The molecule has 0 spiro atoms. The zero-order valence-corrected chi connectivity index (χ0v) is 13.3. The van der Waals surface area contributed by atoms with Crippen molar-refractivity contribution in [1.29, 1.82) is 0 Å². The summed E-state index contributed by atoms with van der Waals surface area (Å²) in [5, 5.41) is 3.81. The van der Waals surface area contributed by atoms with Gasteiger partial charge in [-0.05, 0) is 83.8 Å². The highest BCUT2D eigenvalue weighted by atomic mass is 79.9. The van der Waals surface area contributed by atoms with E-state index in [2.05, 4.69) is 21.2 Å². The van der Waals surface area contributed by atoms with E-state index in [4.69, 9.17) is 0 Å². The fourth-order valence-corrected chi connectivity index (χ4v) is 5.70. The largest absolute Gasteiger partial charge is 0.307 e. The van der Waals surface area contributed by atoms with Crippen molar-refractivity contribution in [3.63, 3.8) is 0 Å². The maximum Gasteiger partial charge on any atom is 0.137 e. The molecule has 4 fully saturated rings. The number of rotatable bonds is 3. The van der Waals surface area contributed by atoms with Crippen LogP contribution in [0.1, 0.15) is 44.1 Å². The molecule has 4 aliphatic rings. The van der Waals surface area contributed by atoms with Crippen LogP contribution in [0.15, 0.2) is 22.7 Å². The van der Waals surface area contributed by atoms with Crippen molar-refractivity contribution in [2.75, 3.05) is 0 Å². The first-order valence-electron chi connectivity index (χ1n) is 7.81. The highest BCUT2D eigenvalue weighted by molar-refractivity contribution is 9.10. The molecule has 0 heterocycles. The van der Waals surface area contributed by atoms with Gasteiger partial charge in [-0.2, -0.15) is 0 Å². The summed E-state index contributed by atoms with van der Waals surface area (Å²) in [7, 11) is 0. The fourth-order valence-electron chi connectivity index (χ4n) is 5.29. The molecule has 4 aliphatic carbocycles. The second kappa shape index (κ2) is 4.81. The monoisotopic (exact) mass is 337 g/mol. The number of benzene rings is 1. The summed E-state index contributed by atoms with van der Waals surface area (Å²) in [6.07, 6.45) is 8.41. The summed E-state index contributed by atoms with van der Waals surface area (Å²) in [6.45, 7) is 0.782. The van der Waals surface area contributed by atoms with E-state index < -0.39 is 0 Å². The predicted octanol–water partition coefficient (Wildman–Crippen LogP) is 4.65. The van der Waals surface area contributed by atoms with Gasteiger partial charge in [0, 0.05) is 12.1 Å². The van der Waals surface area contributed by atoms with Crippen LogP contribution in [-0.2, 0) is 6.54 Å². The molecule has 4 saturated carbocycles. The molecule has 5 rings (SSSR count). The molecule has 0 amide bonds. The van der Waals surface area contributed by atoms with Gasteiger partial charge in [0.05, 0.1) is 4.47 Å². The molecule has 1 N–H and O–H groups in total. The van der Waals surface area contributed by atoms with Crippen LogP contribution in [0.4, 0.5) is 4.39 Å². The standard InChI is InChI=1S/C17H21BrFN/c18-16-14(2-1-3-15(16)19)10-20-17-7-11-4-12(8-17)6-13(5-11)9-17/h1-3,11-13,20H,4-10H2. The van der Waals surface area contributed by atoms with E-state index in [-0.39, 0.29) is 5.82 Å². The molecule has 3 heteroatoms. The summed E-state index contributed by atoms with van der Waals surface area (Å²) < 4.78 is 14.2. The predicted molar refractivity (Wildman–Crippen MR) is 81.8 cm³/mol. The van der Waals surface area contributed by atoms with Gasteiger partial charge in [-0.1, -0.05) is 12.1 Å². The Morgan fingerprint density at radius 3 is 2.30 bits per heavy atom. The Kier molecular flexibility index (Phi) is 3.19. The molecule has 1 aromatic rings. The van der Waals surface area contributed by atoms with Crippen LogP contribution in [0, 0.1) is 23.6 Å². The topological polar surface area (TPSA) is 12.0 Å². The molecule has 20 heavy (non-hydrogen) atoms. The highest BCUT2D eigenvalue weighted by Crippen LogP contribution is 2.55. The van der Waals surface area contributed by atoms with E-state index in [0.29, 0.717) is 10.0 Å². The van der Waals surface area contributed by atoms with Crippen molar-refractivity contribution in [3.05, 3.63) is 34.1 Å². The number of halogens is 2. The maximum absolute atomic E-state index is 13.6. The van der Waals surface area contributed by atoms with Crippen molar-refractivity contribution >= 4 is 15.9 Å². The van der Waals surface area contributed by atoms with Gasteiger partial charge in [-0.25, -0.2) is 4.39 Å². The quantitative estimate of drug-likeness (QED) is 0.846. The van der Waals surface area contributed by atoms with E-state index >= 15 is 0 Å². The minimum atomic E-state index is -0.158. The third kappa shape index (κ3) is 2.23. The first-order valence-corrected chi connectivity index (χ1v) is 8.61. The smallest absolute Gasteiger partial charge is 0.137 e. The Bertz CT molecular complexity index is 492. The van der Waals surface area contributed by atoms with Crippen molar-refractivity contribution in [3.8, 4) is 0 Å². The number of hydrogen-bond acceptors (Lipinski definition) is 1. The molecule has 4 bridgehead atoms. The first-order chi connectivity index (χ1) is 9.63. The molecule has 0 saturated heterocycles. The third-order valence-electron chi connectivity index (χ3n) is 5.72. The summed E-state index contributed by atoms with van der Waals surface area (Å²) in [5.74, 6) is 2.69. The molecule has 108 valence electrons. The molecule has 0 aliphatic heterocycles. The lowest BCUT2D eigenvalue weighted by Crippen LogP contribution is -2.58. The van der Waals surface area contributed by atoms with Gasteiger partial charge in [-0.15, -0.1) is 0 Å². The molecule has 1 nitrogen and oxygen atoms in total. The van der Waals surface area contributed by atoms with Gasteiger partial charge in [0.15, 0.2) is 0 Å². The van der Waals surface area contributed by atoms with Gasteiger partial charge in [0.2, 0.25) is 0 Å². The van der Waals surface area contributed by atoms with E-state index in [1.807, 2.05) is 6.07 Å². The molecule has 0 atom stereocenters. The Morgan fingerprint density at radius 2 is 1.70 bits per heavy atom. The fraction of sp³-hybridized carbons (Fsp3) is 0.647. The lowest BCUT2D eigenvalue weighted by molar-refractivity contribution is -0.0206. The Morgan fingerprint density at radius 1 is 1.10 bits per heavy atom. The maximum atomic E-state index is 13.6. The number of hydrogen-bond donors (Lipinski definition) is 1. The molecule has 1 aromatic carbocycles. The zero-order valence-electron chi connectivity index (χ0n) is 11.7. The Labute approximate surface area is 128 Å². The van der Waals surface area contributed by atoms with Gasteiger partial charge in [-0.3, -0.25) is 0 Å². The summed E-state index contributed by atoms with van der Waals surface area (Å²) in [5.41, 5.74) is 1.39. The summed E-state index contributed by atoms with van der Waals surface area (Å²) >= 11 is 3.38. The van der Waals surface area contributed by atoms with Crippen molar-refractivity contribution < 1.29 is 4.39 Å². The van der Waals surface area contributed by atoms with Crippen LogP contribution in [0.2, 0.25) is 0 Å². The van der Waals surface area contributed by atoms with Gasteiger partial charge in [0.25, 0.3) is 0 Å². The highest BCUT2D eigenvalue weighted by Gasteiger charge is 2.50. The lowest BCUT2D eigenvalue weighted by Gasteiger charge is -2.57. The van der Waals surface area contributed by atoms with Gasteiger partial charge >= 0.3 is 0 Å².